The van der Waals surface area contributed by atoms with E-state index in [1.165, 1.54) is 26.5 Å². The van der Waals surface area contributed by atoms with Gasteiger partial charge in [0.15, 0.2) is 11.5 Å². The van der Waals surface area contributed by atoms with Gasteiger partial charge in [0.25, 0.3) is 5.56 Å². The normalized spacial score (nSPS) is 10.8. The van der Waals surface area contributed by atoms with Gasteiger partial charge in [0.2, 0.25) is 5.91 Å². The summed E-state index contributed by atoms with van der Waals surface area (Å²) in [4.78, 5) is 39.6. The number of fused-ring (bicyclic) bond motifs is 1. The summed E-state index contributed by atoms with van der Waals surface area (Å²) in [6, 6.07) is 6.57. The van der Waals surface area contributed by atoms with E-state index in [1.807, 2.05) is 0 Å². The van der Waals surface area contributed by atoms with Gasteiger partial charge in [-0.15, -0.1) is 0 Å². The lowest BCUT2D eigenvalue weighted by molar-refractivity contribution is -0.121. The first-order chi connectivity index (χ1) is 13.5. The lowest BCUT2D eigenvalue weighted by atomic mass is 10.2. The van der Waals surface area contributed by atoms with E-state index < -0.39 is 11.2 Å². The van der Waals surface area contributed by atoms with Crippen molar-refractivity contribution in [3.05, 3.63) is 57.1 Å². The number of nitrogens with one attached hydrogen (secondary N) is 2. The number of carbonyl (C=O) groups excluding carboxylic acids is 1. The van der Waals surface area contributed by atoms with E-state index in [-0.39, 0.29) is 18.9 Å². The summed E-state index contributed by atoms with van der Waals surface area (Å²) in [5.41, 5.74) is -0.628. The smallest absolute Gasteiger partial charge is 0.328 e. The van der Waals surface area contributed by atoms with Crippen LogP contribution in [0.15, 0.2) is 44.5 Å². The molecule has 0 fully saturated rings. The summed E-state index contributed by atoms with van der Waals surface area (Å²) in [6.45, 7) is 0.413. The summed E-state index contributed by atoms with van der Waals surface area (Å²) in [5, 5.41) is 3.03. The van der Waals surface area contributed by atoms with E-state index >= 15 is 0 Å². The number of furan rings is 1. The minimum absolute atomic E-state index is 0.118. The molecule has 0 radical (unpaired) electrons. The molecule has 0 saturated carbocycles. The molecule has 0 aliphatic rings. The van der Waals surface area contributed by atoms with E-state index in [1.54, 1.807) is 18.2 Å². The molecule has 0 unspecified atom stereocenters. The molecule has 0 bridgehead atoms. The third-order valence-electron chi connectivity index (χ3n) is 4.31. The Bertz CT molecular complexity index is 1080. The van der Waals surface area contributed by atoms with Crippen LogP contribution in [-0.2, 0) is 17.9 Å². The fourth-order valence-corrected chi connectivity index (χ4v) is 2.87. The van der Waals surface area contributed by atoms with Crippen LogP contribution >= 0.6 is 0 Å². The Morgan fingerprint density at radius 2 is 1.96 bits per heavy atom. The number of benzene rings is 1. The Kier molecular flexibility index (Phi) is 5.83. The van der Waals surface area contributed by atoms with Crippen LogP contribution in [0.2, 0.25) is 0 Å². The van der Waals surface area contributed by atoms with Crippen LogP contribution in [0.25, 0.3) is 10.9 Å². The van der Waals surface area contributed by atoms with Gasteiger partial charge in [0, 0.05) is 19.0 Å². The average Bonchev–Trinajstić information content (AvgIpc) is 3.21. The molecule has 0 saturated heterocycles. The zero-order valence-corrected chi connectivity index (χ0v) is 15.6. The molecule has 0 atom stereocenters. The summed E-state index contributed by atoms with van der Waals surface area (Å²) in [5.74, 6) is 1.27. The van der Waals surface area contributed by atoms with Crippen molar-refractivity contribution in [2.45, 2.75) is 25.9 Å². The van der Waals surface area contributed by atoms with E-state index in [0.717, 1.165) is 4.57 Å². The highest BCUT2D eigenvalue weighted by molar-refractivity contribution is 5.81. The Balaban J connectivity index is 1.71. The third-order valence-corrected chi connectivity index (χ3v) is 4.31. The van der Waals surface area contributed by atoms with Crippen molar-refractivity contribution in [2.24, 2.45) is 0 Å². The summed E-state index contributed by atoms with van der Waals surface area (Å²) in [6.07, 6.45) is 2.05. The third kappa shape index (κ3) is 4.08. The minimum Gasteiger partial charge on any atom is -0.493 e. The van der Waals surface area contributed by atoms with Crippen LogP contribution in [0, 0.1) is 0 Å². The molecule has 1 aromatic carbocycles. The maximum Gasteiger partial charge on any atom is 0.328 e. The Hall–Kier alpha value is -3.49. The van der Waals surface area contributed by atoms with Gasteiger partial charge in [-0.25, -0.2) is 4.79 Å². The van der Waals surface area contributed by atoms with Crippen molar-refractivity contribution in [3.8, 4) is 11.5 Å². The second-order valence-corrected chi connectivity index (χ2v) is 6.10. The van der Waals surface area contributed by atoms with Gasteiger partial charge in [-0.05, 0) is 24.6 Å². The fraction of sp³-hybridized carbons (Fsp3) is 0.316. The molecule has 0 spiro atoms. The summed E-state index contributed by atoms with van der Waals surface area (Å²) >= 11 is 0. The molecule has 9 nitrogen and oxygen atoms in total. The number of rotatable bonds is 8. The highest BCUT2D eigenvalue weighted by Crippen LogP contribution is 2.29. The molecule has 2 N–H and O–H groups in total. The van der Waals surface area contributed by atoms with Gasteiger partial charge in [0.1, 0.15) is 5.76 Å². The number of H-pyrrole nitrogens is 1. The van der Waals surface area contributed by atoms with Gasteiger partial charge in [-0.3, -0.25) is 14.2 Å². The Morgan fingerprint density at radius 1 is 1.21 bits per heavy atom. The highest BCUT2D eigenvalue weighted by Gasteiger charge is 2.13. The lowest BCUT2D eigenvalue weighted by Crippen LogP contribution is -2.35. The molecule has 1 amide bonds. The predicted molar refractivity (Wildman–Crippen MR) is 102 cm³/mol. The van der Waals surface area contributed by atoms with Gasteiger partial charge >= 0.3 is 5.69 Å². The molecule has 148 valence electrons. The Labute approximate surface area is 159 Å². The van der Waals surface area contributed by atoms with E-state index in [9.17, 15) is 14.4 Å². The molecule has 2 heterocycles. The predicted octanol–water partition coefficient (Wildman–Crippen LogP) is 1.40. The molecule has 0 aliphatic heterocycles. The monoisotopic (exact) mass is 387 g/mol. The van der Waals surface area contributed by atoms with Crippen molar-refractivity contribution in [1.29, 1.82) is 0 Å². The van der Waals surface area contributed by atoms with Crippen molar-refractivity contribution < 1.29 is 18.7 Å². The number of methoxy groups -OCH3 is 2. The van der Waals surface area contributed by atoms with Crippen LogP contribution in [0.5, 0.6) is 11.5 Å². The first-order valence-electron chi connectivity index (χ1n) is 8.71. The molecular weight excluding hydrogens is 366 g/mol. The number of aromatic nitrogens is 2. The largest absolute Gasteiger partial charge is 0.493 e. The van der Waals surface area contributed by atoms with Gasteiger partial charge in [-0.2, -0.15) is 0 Å². The standard InChI is InChI=1S/C19H21N3O6/c1-26-15-9-13-14(10-16(15)27-2)21-19(25)22(18(13)24)7-3-6-17(23)20-11-12-5-4-8-28-12/h4-5,8-10H,3,6-7,11H2,1-2H3,(H,20,23)(H,21,25). The highest BCUT2D eigenvalue weighted by atomic mass is 16.5. The SMILES string of the molecule is COc1cc2[nH]c(=O)n(CCCC(=O)NCc3ccco3)c(=O)c2cc1OC. The van der Waals surface area contributed by atoms with Crippen molar-refractivity contribution in [1.82, 2.24) is 14.9 Å². The number of nitrogens with zero attached hydrogens (tertiary/aromatic N) is 1. The maximum absolute atomic E-state index is 12.7. The molecule has 3 rings (SSSR count). The average molecular weight is 387 g/mol. The number of amides is 1. The van der Waals surface area contributed by atoms with Gasteiger partial charge < -0.3 is 24.2 Å². The topological polar surface area (TPSA) is 116 Å². The van der Waals surface area contributed by atoms with E-state index in [4.69, 9.17) is 13.9 Å². The van der Waals surface area contributed by atoms with Crippen LogP contribution in [0.1, 0.15) is 18.6 Å². The van der Waals surface area contributed by atoms with Crippen molar-refractivity contribution >= 4 is 16.8 Å². The molecule has 28 heavy (non-hydrogen) atoms. The van der Waals surface area contributed by atoms with Crippen molar-refractivity contribution in [3.63, 3.8) is 0 Å². The maximum atomic E-state index is 12.7. The van der Waals surface area contributed by atoms with E-state index in [0.29, 0.717) is 41.1 Å². The number of aromatic amines is 1. The number of hydrogen-bond acceptors (Lipinski definition) is 6. The second-order valence-electron chi connectivity index (χ2n) is 6.10. The molecule has 2 aromatic heterocycles. The number of carbonyl (C=O) groups is 1. The zero-order chi connectivity index (χ0) is 20.1. The quantitative estimate of drug-likeness (QED) is 0.604. The zero-order valence-electron chi connectivity index (χ0n) is 15.6. The molecule has 3 aromatic rings. The van der Waals surface area contributed by atoms with Gasteiger partial charge in [-0.1, -0.05) is 0 Å². The molecular formula is C19H21N3O6. The summed E-state index contributed by atoms with van der Waals surface area (Å²) < 4.78 is 16.6. The Morgan fingerprint density at radius 3 is 2.64 bits per heavy atom. The molecule has 9 heteroatoms. The van der Waals surface area contributed by atoms with Crippen molar-refractivity contribution in [2.75, 3.05) is 14.2 Å². The fourth-order valence-electron chi connectivity index (χ4n) is 2.87. The van der Waals surface area contributed by atoms with Crippen LogP contribution in [-0.4, -0.2) is 29.7 Å². The number of ether oxygens (including phenoxy) is 2. The minimum atomic E-state index is -0.541. The van der Waals surface area contributed by atoms with E-state index in [2.05, 4.69) is 10.3 Å². The van der Waals surface area contributed by atoms with Crippen LogP contribution < -0.4 is 26.0 Å². The molecule has 0 aliphatic carbocycles. The van der Waals surface area contributed by atoms with Gasteiger partial charge in [0.05, 0.1) is 37.9 Å². The van der Waals surface area contributed by atoms with Crippen LogP contribution in [0.3, 0.4) is 0 Å². The first kappa shape index (κ1) is 19.3. The number of hydrogen-bond donors (Lipinski definition) is 2. The van der Waals surface area contributed by atoms with Crippen LogP contribution in [0.4, 0.5) is 0 Å². The lowest BCUT2D eigenvalue weighted by Gasteiger charge is -2.10. The summed E-state index contributed by atoms with van der Waals surface area (Å²) in [7, 11) is 2.94. The second kappa shape index (κ2) is 8.47. The first-order valence-corrected chi connectivity index (χ1v) is 8.71.